The Balaban J connectivity index is 2.37. The van der Waals surface area contributed by atoms with Crippen LogP contribution < -0.4 is 0 Å². The highest BCUT2D eigenvalue weighted by Gasteiger charge is 2.33. The van der Waals surface area contributed by atoms with E-state index in [1.807, 2.05) is 11.1 Å². The molecule has 0 bridgehead atoms. The van der Waals surface area contributed by atoms with E-state index in [1.54, 1.807) is 18.0 Å². The molecule has 2 nitrogen and oxygen atoms in total. The van der Waals surface area contributed by atoms with Gasteiger partial charge in [-0.2, -0.15) is 0 Å². The van der Waals surface area contributed by atoms with Crippen molar-refractivity contribution in [2.75, 3.05) is 6.54 Å². The van der Waals surface area contributed by atoms with Crippen LogP contribution in [0.15, 0.2) is 47.1 Å². The molecule has 0 N–H and O–H groups in total. The third-order valence-corrected chi connectivity index (χ3v) is 5.45. The minimum atomic E-state index is -0.261. The average Bonchev–Trinajstić information content (AvgIpc) is 2.60. The van der Waals surface area contributed by atoms with Gasteiger partial charge in [0.25, 0.3) is 0 Å². The van der Waals surface area contributed by atoms with Crippen molar-refractivity contribution < 1.29 is 4.39 Å². The molecular formula is C17H25BFN2S. The maximum atomic E-state index is 13.9. The normalized spacial score (nSPS) is 24.5. The first-order valence-electron chi connectivity index (χ1n) is 7.70. The van der Waals surface area contributed by atoms with Gasteiger partial charge >= 0.3 is 0 Å². The van der Waals surface area contributed by atoms with E-state index in [1.165, 1.54) is 11.0 Å². The standard InChI is InChI=1S/C17H25BFN2S/c1-12-15(19)8-7-9-20(12)16-10-14(17(3,4)5)11-21(18-6)22-13(16)2/h7-9,14H,1,10-11H2,2-6H3. The van der Waals surface area contributed by atoms with Crippen molar-refractivity contribution >= 4 is 19.4 Å². The lowest BCUT2D eigenvalue weighted by Crippen LogP contribution is -2.33. The van der Waals surface area contributed by atoms with Gasteiger partial charge in [0, 0.05) is 23.3 Å². The molecule has 0 amide bonds. The summed E-state index contributed by atoms with van der Waals surface area (Å²) in [6.45, 7) is 15.9. The summed E-state index contributed by atoms with van der Waals surface area (Å²) in [6.07, 6.45) is 6.04. The Morgan fingerprint density at radius 3 is 2.68 bits per heavy atom. The minimum absolute atomic E-state index is 0.187. The second-order valence-corrected chi connectivity index (χ2v) is 8.16. The summed E-state index contributed by atoms with van der Waals surface area (Å²) in [6, 6.07) is 0. The summed E-state index contributed by atoms with van der Waals surface area (Å²) in [7, 11) is 2.12. The van der Waals surface area contributed by atoms with Crippen molar-refractivity contribution in [1.29, 1.82) is 0 Å². The molecule has 0 saturated heterocycles. The van der Waals surface area contributed by atoms with Gasteiger partial charge in [0.05, 0.1) is 5.70 Å². The highest BCUT2D eigenvalue weighted by molar-refractivity contribution is 8.01. The summed E-state index contributed by atoms with van der Waals surface area (Å²) in [5.74, 6) is 0.224. The van der Waals surface area contributed by atoms with Gasteiger partial charge in [0.1, 0.15) is 5.83 Å². The summed E-state index contributed by atoms with van der Waals surface area (Å²) < 4.78 is 16.2. The van der Waals surface area contributed by atoms with Gasteiger partial charge < -0.3 is 4.90 Å². The molecule has 5 heteroatoms. The Kier molecular flexibility index (Phi) is 5.28. The zero-order chi connectivity index (χ0) is 16.5. The van der Waals surface area contributed by atoms with Crippen LogP contribution in [-0.2, 0) is 0 Å². The molecule has 0 spiro atoms. The van der Waals surface area contributed by atoms with Gasteiger partial charge in [0.2, 0.25) is 7.41 Å². The fourth-order valence-corrected chi connectivity index (χ4v) is 3.70. The third-order valence-electron chi connectivity index (χ3n) is 4.35. The van der Waals surface area contributed by atoms with E-state index >= 15 is 0 Å². The third kappa shape index (κ3) is 3.69. The van der Waals surface area contributed by atoms with Crippen LogP contribution in [0, 0.1) is 11.3 Å². The van der Waals surface area contributed by atoms with E-state index in [-0.39, 0.29) is 11.2 Å². The lowest BCUT2D eigenvalue weighted by Gasteiger charge is -2.35. The zero-order valence-corrected chi connectivity index (χ0v) is 15.0. The van der Waals surface area contributed by atoms with E-state index in [2.05, 4.69) is 52.7 Å². The van der Waals surface area contributed by atoms with Crippen molar-refractivity contribution in [1.82, 2.24) is 9.12 Å². The van der Waals surface area contributed by atoms with E-state index < -0.39 is 0 Å². The molecule has 0 aliphatic carbocycles. The molecule has 0 fully saturated rings. The molecule has 119 valence electrons. The maximum absolute atomic E-state index is 13.9. The van der Waals surface area contributed by atoms with E-state index in [0.29, 0.717) is 11.6 Å². The number of rotatable bonds is 2. The van der Waals surface area contributed by atoms with Crippen molar-refractivity contribution in [3.8, 4) is 0 Å². The monoisotopic (exact) mass is 319 g/mol. The fourth-order valence-electron chi connectivity index (χ4n) is 2.70. The predicted octanol–water partition coefficient (Wildman–Crippen LogP) is 5.10. The van der Waals surface area contributed by atoms with Gasteiger partial charge in [0.15, 0.2) is 0 Å². The van der Waals surface area contributed by atoms with Crippen LogP contribution in [0.5, 0.6) is 0 Å². The second-order valence-electron chi connectivity index (χ2n) is 6.89. The molecule has 2 heterocycles. The van der Waals surface area contributed by atoms with E-state index in [9.17, 15) is 4.39 Å². The van der Waals surface area contributed by atoms with Gasteiger partial charge in [-0.1, -0.05) is 46.1 Å². The second kappa shape index (κ2) is 6.67. The minimum Gasteiger partial charge on any atom is -0.318 e. The van der Waals surface area contributed by atoms with Crippen LogP contribution in [-0.4, -0.2) is 23.1 Å². The van der Waals surface area contributed by atoms with Crippen LogP contribution >= 0.6 is 11.9 Å². The highest BCUT2D eigenvalue weighted by atomic mass is 32.2. The molecule has 2 rings (SSSR count). The van der Waals surface area contributed by atoms with Gasteiger partial charge in [-0.25, -0.2) is 4.39 Å². The van der Waals surface area contributed by atoms with Crippen LogP contribution in [0.2, 0.25) is 6.82 Å². The zero-order valence-electron chi connectivity index (χ0n) is 14.2. The first-order valence-corrected chi connectivity index (χ1v) is 8.47. The van der Waals surface area contributed by atoms with Gasteiger partial charge in [-0.05, 0) is 36.8 Å². The first kappa shape index (κ1) is 17.4. The SMILES string of the molecule is C=C1C(F)=CC=CN1C1=C(C)SN([B]C)CC(C(C)(C)C)C1. The molecular weight excluding hydrogens is 294 g/mol. The average molecular weight is 319 g/mol. The van der Waals surface area contributed by atoms with Crippen molar-refractivity contribution in [3.63, 3.8) is 0 Å². The van der Waals surface area contributed by atoms with E-state index in [4.69, 9.17) is 0 Å². The molecule has 1 atom stereocenters. The molecule has 2 aliphatic heterocycles. The lowest BCUT2D eigenvalue weighted by atomic mass is 9.77. The molecule has 0 aromatic carbocycles. The smallest absolute Gasteiger partial charge is 0.220 e. The largest absolute Gasteiger partial charge is 0.318 e. The Labute approximate surface area is 139 Å². The summed E-state index contributed by atoms with van der Waals surface area (Å²) in [4.78, 5) is 3.11. The summed E-state index contributed by atoms with van der Waals surface area (Å²) in [5, 5.41) is 0. The van der Waals surface area contributed by atoms with Crippen LogP contribution in [0.25, 0.3) is 0 Å². The quantitative estimate of drug-likeness (QED) is 0.516. The molecule has 22 heavy (non-hydrogen) atoms. The van der Waals surface area contributed by atoms with Crippen molar-refractivity contribution in [3.05, 3.63) is 47.1 Å². The number of hydrogen-bond acceptors (Lipinski definition) is 3. The van der Waals surface area contributed by atoms with Crippen LogP contribution in [0.1, 0.15) is 34.1 Å². The van der Waals surface area contributed by atoms with Gasteiger partial charge in [-0.15, -0.1) is 0 Å². The number of nitrogens with zero attached hydrogens (tertiary/aromatic N) is 2. The highest BCUT2D eigenvalue weighted by Crippen LogP contribution is 2.42. The van der Waals surface area contributed by atoms with Crippen molar-refractivity contribution in [2.24, 2.45) is 11.3 Å². The Hall–Kier alpha value is -0.935. The Bertz CT molecular complexity index is 545. The molecule has 1 unspecified atom stereocenters. The topological polar surface area (TPSA) is 6.48 Å². The number of hydrogen-bond donors (Lipinski definition) is 0. The molecule has 2 aliphatic rings. The van der Waals surface area contributed by atoms with Crippen LogP contribution in [0.4, 0.5) is 4.39 Å². The summed E-state index contributed by atoms with van der Waals surface area (Å²) in [5.41, 5.74) is 1.77. The molecule has 0 saturated carbocycles. The van der Waals surface area contributed by atoms with Gasteiger partial charge in [-0.3, -0.25) is 4.22 Å². The molecule has 1 radical (unpaired) electrons. The van der Waals surface area contributed by atoms with E-state index in [0.717, 1.165) is 18.7 Å². The Morgan fingerprint density at radius 1 is 1.41 bits per heavy atom. The van der Waals surface area contributed by atoms with Crippen LogP contribution in [0.3, 0.4) is 0 Å². The maximum Gasteiger partial charge on any atom is 0.220 e. The predicted molar refractivity (Wildman–Crippen MR) is 95.5 cm³/mol. The number of halogens is 1. The first-order chi connectivity index (χ1) is 10.2. The lowest BCUT2D eigenvalue weighted by molar-refractivity contribution is 0.216. The summed E-state index contributed by atoms with van der Waals surface area (Å²) >= 11 is 1.73. The molecule has 0 aromatic rings. The molecule has 0 aromatic heterocycles. The fraction of sp³-hybridized carbons (Fsp3) is 0.529. The van der Waals surface area contributed by atoms with Crippen molar-refractivity contribution in [2.45, 2.75) is 40.9 Å². The number of allylic oxidation sites excluding steroid dienone is 5. The Morgan fingerprint density at radius 2 is 2.09 bits per heavy atom.